The number of likely N-dealkylation sites (N-methyl/N-ethyl adjacent to an activating group) is 1. The molecule has 0 aliphatic heterocycles. The summed E-state index contributed by atoms with van der Waals surface area (Å²) in [5.74, 6) is 0.862. The van der Waals surface area contributed by atoms with Crippen molar-refractivity contribution in [1.82, 2.24) is 15.2 Å². The maximum atomic E-state index is 5.84. The standard InChI is InChI=1S/C16H23N3O/c1-13-7-8-14-5-4-6-15(16(14)18-13)20-12-10-17-9-11-19(2)3/h4-8,17H,9-12H2,1-3H3. The maximum absolute atomic E-state index is 5.84. The van der Waals surface area contributed by atoms with Crippen molar-refractivity contribution in [2.45, 2.75) is 6.92 Å². The fraction of sp³-hybridized carbons (Fsp3) is 0.438. The summed E-state index contributed by atoms with van der Waals surface area (Å²) in [6.07, 6.45) is 0. The Bertz CT molecular complexity index is 554. The van der Waals surface area contributed by atoms with E-state index in [4.69, 9.17) is 4.74 Å². The van der Waals surface area contributed by atoms with Crippen molar-refractivity contribution in [1.29, 1.82) is 0 Å². The largest absolute Gasteiger partial charge is 0.490 e. The van der Waals surface area contributed by atoms with E-state index in [-0.39, 0.29) is 0 Å². The second kappa shape index (κ2) is 7.22. The molecule has 0 aliphatic rings. The third-order valence-electron chi connectivity index (χ3n) is 3.09. The van der Waals surface area contributed by atoms with Gasteiger partial charge in [0.2, 0.25) is 0 Å². The van der Waals surface area contributed by atoms with Gasteiger partial charge >= 0.3 is 0 Å². The van der Waals surface area contributed by atoms with Crippen LogP contribution in [-0.4, -0.2) is 50.2 Å². The van der Waals surface area contributed by atoms with Gasteiger partial charge in [-0.05, 0) is 33.2 Å². The van der Waals surface area contributed by atoms with Gasteiger partial charge in [0, 0.05) is 30.7 Å². The monoisotopic (exact) mass is 273 g/mol. The van der Waals surface area contributed by atoms with Gasteiger partial charge in [-0.1, -0.05) is 18.2 Å². The molecule has 108 valence electrons. The Morgan fingerprint density at radius 2 is 2.00 bits per heavy atom. The van der Waals surface area contributed by atoms with Crippen molar-refractivity contribution >= 4 is 10.9 Å². The first-order valence-corrected chi connectivity index (χ1v) is 7.01. The summed E-state index contributed by atoms with van der Waals surface area (Å²) in [5, 5.41) is 4.48. The number of hydrogen-bond donors (Lipinski definition) is 1. The lowest BCUT2D eigenvalue weighted by Gasteiger charge is -2.12. The minimum absolute atomic E-state index is 0.655. The quantitative estimate of drug-likeness (QED) is 0.784. The van der Waals surface area contributed by atoms with E-state index in [0.29, 0.717) is 6.61 Å². The molecule has 0 saturated carbocycles. The third kappa shape index (κ3) is 4.18. The number of nitrogens with zero attached hydrogens (tertiary/aromatic N) is 2. The summed E-state index contributed by atoms with van der Waals surface area (Å²) < 4.78 is 5.84. The molecular weight excluding hydrogens is 250 g/mol. The minimum atomic E-state index is 0.655. The van der Waals surface area contributed by atoms with Gasteiger partial charge in [0.1, 0.15) is 17.9 Å². The smallest absolute Gasteiger partial charge is 0.145 e. The van der Waals surface area contributed by atoms with Crippen LogP contribution in [0.2, 0.25) is 0 Å². The van der Waals surface area contributed by atoms with E-state index < -0.39 is 0 Å². The molecule has 2 rings (SSSR count). The topological polar surface area (TPSA) is 37.4 Å². The molecule has 0 bridgehead atoms. The highest BCUT2D eigenvalue weighted by molar-refractivity contribution is 5.84. The zero-order valence-corrected chi connectivity index (χ0v) is 12.5. The molecule has 0 amide bonds. The van der Waals surface area contributed by atoms with Crippen LogP contribution in [0.5, 0.6) is 5.75 Å². The van der Waals surface area contributed by atoms with Gasteiger partial charge in [-0.3, -0.25) is 0 Å². The fourth-order valence-corrected chi connectivity index (χ4v) is 1.99. The molecule has 4 heteroatoms. The molecule has 2 aromatic rings. The molecule has 0 fully saturated rings. The molecule has 0 atom stereocenters. The lowest BCUT2D eigenvalue weighted by atomic mass is 10.2. The van der Waals surface area contributed by atoms with E-state index in [2.05, 4.69) is 41.4 Å². The lowest BCUT2D eigenvalue weighted by Crippen LogP contribution is -2.29. The Balaban J connectivity index is 1.88. The number of aryl methyl sites for hydroxylation is 1. The maximum Gasteiger partial charge on any atom is 0.145 e. The van der Waals surface area contributed by atoms with E-state index in [0.717, 1.165) is 42.0 Å². The number of ether oxygens (including phenoxy) is 1. The summed E-state index contributed by atoms with van der Waals surface area (Å²) >= 11 is 0. The predicted octanol–water partition coefficient (Wildman–Crippen LogP) is 2.07. The Morgan fingerprint density at radius 3 is 2.80 bits per heavy atom. The molecule has 4 nitrogen and oxygen atoms in total. The molecule has 0 aliphatic carbocycles. The average Bonchev–Trinajstić information content (AvgIpc) is 2.42. The van der Waals surface area contributed by atoms with E-state index in [1.807, 2.05) is 25.1 Å². The van der Waals surface area contributed by atoms with Crippen LogP contribution in [0.1, 0.15) is 5.69 Å². The van der Waals surface area contributed by atoms with Gasteiger partial charge in [0.15, 0.2) is 0 Å². The lowest BCUT2D eigenvalue weighted by molar-refractivity contribution is 0.311. The van der Waals surface area contributed by atoms with E-state index >= 15 is 0 Å². The van der Waals surface area contributed by atoms with Crippen LogP contribution in [0.15, 0.2) is 30.3 Å². The number of pyridine rings is 1. The van der Waals surface area contributed by atoms with Gasteiger partial charge in [-0.25, -0.2) is 4.98 Å². The van der Waals surface area contributed by atoms with Gasteiger partial charge in [0.25, 0.3) is 0 Å². The first-order valence-electron chi connectivity index (χ1n) is 7.01. The van der Waals surface area contributed by atoms with Crippen molar-refractivity contribution in [2.75, 3.05) is 40.3 Å². The summed E-state index contributed by atoms with van der Waals surface area (Å²) in [7, 11) is 4.14. The molecule has 1 aromatic heterocycles. The van der Waals surface area contributed by atoms with Crippen molar-refractivity contribution in [2.24, 2.45) is 0 Å². The van der Waals surface area contributed by atoms with Crippen LogP contribution in [0.4, 0.5) is 0 Å². The van der Waals surface area contributed by atoms with Crippen LogP contribution in [0.25, 0.3) is 10.9 Å². The highest BCUT2D eigenvalue weighted by atomic mass is 16.5. The molecule has 1 aromatic carbocycles. The second-order valence-corrected chi connectivity index (χ2v) is 5.18. The van der Waals surface area contributed by atoms with Crippen LogP contribution >= 0.6 is 0 Å². The minimum Gasteiger partial charge on any atom is -0.490 e. The third-order valence-corrected chi connectivity index (χ3v) is 3.09. The molecule has 20 heavy (non-hydrogen) atoms. The molecule has 0 radical (unpaired) electrons. The van der Waals surface area contributed by atoms with Crippen LogP contribution in [0.3, 0.4) is 0 Å². The van der Waals surface area contributed by atoms with Crippen LogP contribution in [0, 0.1) is 6.92 Å². The Labute approximate surface area is 120 Å². The number of hydrogen-bond acceptors (Lipinski definition) is 4. The number of nitrogens with one attached hydrogen (secondary N) is 1. The SMILES string of the molecule is Cc1ccc2cccc(OCCNCCN(C)C)c2n1. The highest BCUT2D eigenvalue weighted by Crippen LogP contribution is 2.23. The summed E-state index contributed by atoms with van der Waals surface area (Å²) in [5.41, 5.74) is 1.96. The number of rotatable bonds is 7. The van der Waals surface area contributed by atoms with E-state index in [1.54, 1.807) is 0 Å². The number of para-hydroxylation sites is 1. The van der Waals surface area contributed by atoms with Crippen molar-refractivity contribution in [3.8, 4) is 5.75 Å². The molecule has 1 heterocycles. The normalized spacial score (nSPS) is 11.2. The zero-order valence-electron chi connectivity index (χ0n) is 12.5. The van der Waals surface area contributed by atoms with Crippen LogP contribution < -0.4 is 10.1 Å². The molecule has 0 saturated heterocycles. The molecular formula is C16H23N3O. The van der Waals surface area contributed by atoms with E-state index in [9.17, 15) is 0 Å². The number of aromatic nitrogens is 1. The number of benzene rings is 1. The number of fused-ring (bicyclic) bond motifs is 1. The van der Waals surface area contributed by atoms with Crippen LogP contribution in [-0.2, 0) is 0 Å². The zero-order chi connectivity index (χ0) is 14.4. The molecule has 1 N–H and O–H groups in total. The Kier molecular flexibility index (Phi) is 5.32. The molecule has 0 spiro atoms. The average molecular weight is 273 g/mol. The summed E-state index contributed by atoms with van der Waals surface area (Å²) in [6.45, 7) is 5.51. The Morgan fingerprint density at radius 1 is 1.15 bits per heavy atom. The first kappa shape index (κ1) is 14.8. The second-order valence-electron chi connectivity index (χ2n) is 5.18. The molecule has 0 unspecified atom stereocenters. The predicted molar refractivity (Wildman–Crippen MR) is 83.4 cm³/mol. The Hall–Kier alpha value is -1.65. The summed E-state index contributed by atoms with van der Waals surface area (Å²) in [4.78, 5) is 6.72. The fourth-order valence-electron chi connectivity index (χ4n) is 1.99. The van der Waals surface area contributed by atoms with E-state index in [1.165, 1.54) is 0 Å². The van der Waals surface area contributed by atoms with Gasteiger partial charge in [-0.15, -0.1) is 0 Å². The van der Waals surface area contributed by atoms with Crippen molar-refractivity contribution in [3.05, 3.63) is 36.0 Å². The van der Waals surface area contributed by atoms with Gasteiger partial charge in [-0.2, -0.15) is 0 Å². The summed E-state index contributed by atoms with van der Waals surface area (Å²) in [6, 6.07) is 10.2. The van der Waals surface area contributed by atoms with Gasteiger partial charge in [0.05, 0.1) is 0 Å². The van der Waals surface area contributed by atoms with Crippen molar-refractivity contribution in [3.63, 3.8) is 0 Å². The van der Waals surface area contributed by atoms with Gasteiger partial charge < -0.3 is 15.0 Å². The van der Waals surface area contributed by atoms with Crippen molar-refractivity contribution < 1.29 is 4.74 Å². The highest BCUT2D eigenvalue weighted by Gasteiger charge is 2.03. The first-order chi connectivity index (χ1) is 9.66.